The van der Waals surface area contributed by atoms with Crippen LogP contribution in [0, 0.1) is 0 Å². The molecular formula is C18H21ClN2. The fourth-order valence-electron chi connectivity index (χ4n) is 2.90. The average molecular weight is 301 g/mol. The SMILES string of the molecule is NC1CCN(Cc2cccc(-c3ccccc3Cl)c2)CC1. The first-order chi connectivity index (χ1) is 10.2. The number of hydrogen-bond acceptors (Lipinski definition) is 2. The molecule has 2 nitrogen and oxygen atoms in total. The summed E-state index contributed by atoms with van der Waals surface area (Å²) < 4.78 is 0. The second kappa shape index (κ2) is 6.61. The standard InChI is InChI=1S/C18H21ClN2/c19-18-7-2-1-6-17(18)15-5-3-4-14(12-15)13-21-10-8-16(20)9-11-21/h1-7,12,16H,8-11,13,20H2. The van der Waals surface area contributed by atoms with Gasteiger partial charge in [0, 0.05) is 23.2 Å². The number of benzene rings is 2. The Morgan fingerprint density at radius 3 is 2.57 bits per heavy atom. The molecule has 21 heavy (non-hydrogen) atoms. The molecule has 1 saturated heterocycles. The average Bonchev–Trinajstić information content (AvgIpc) is 2.50. The maximum atomic E-state index is 6.29. The van der Waals surface area contributed by atoms with E-state index in [0.29, 0.717) is 6.04 Å². The van der Waals surface area contributed by atoms with E-state index < -0.39 is 0 Å². The fraction of sp³-hybridized carbons (Fsp3) is 0.333. The van der Waals surface area contributed by atoms with Crippen LogP contribution in [0.4, 0.5) is 0 Å². The summed E-state index contributed by atoms with van der Waals surface area (Å²) in [5.41, 5.74) is 9.59. The molecule has 0 aromatic heterocycles. The predicted molar refractivity (Wildman–Crippen MR) is 89.4 cm³/mol. The Balaban J connectivity index is 1.76. The largest absolute Gasteiger partial charge is 0.328 e. The summed E-state index contributed by atoms with van der Waals surface area (Å²) >= 11 is 6.29. The van der Waals surface area contributed by atoms with Crippen molar-refractivity contribution in [1.82, 2.24) is 4.90 Å². The lowest BCUT2D eigenvalue weighted by atomic mass is 10.0. The van der Waals surface area contributed by atoms with Crippen molar-refractivity contribution in [2.75, 3.05) is 13.1 Å². The molecule has 0 bridgehead atoms. The van der Waals surface area contributed by atoms with Crippen molar-refractivity contribution in [3.8, 4) is 11.1 Å². The second-order valence-corrected chi connectivity index (χ2v) is 6.20. The third-order valence-corrected chi connectivity index (χ3v) is 4.48. The molecule has 0 unspecified atom stereocenters. The topological polar surface area (TPSA) is 29.3 Å². The summed E-state index contributed by atoms with van der Waals surface area (Å²) in [6, 6.07) is 17.1. The summed E-state index contributed by atoms with van der Waals surface area (Å²) in [7, 11) is 0. The minimum Gasteiger partial charge on any atom is -0.328 e. The molecular weight excluding hydrogens is 280 g/mol. The number of nitrogens with zero attached hydrogens (tertiary/aromatic N) is 1. The van der Waals surface area contributed by atoms with Crippen LogP contribution in [-0.4, -0.2) is 24.0 Å². The molecule has 3 heteroatoms. The van der Waals surface area contributed by atoms with E-state index in [1.807, 2.05) is 18.2 Å². The van der Waals surface area contributed by atoms with Gasteiger partial charge < -0.3 is 5.73 Å². The molecule has 1 aliphatic rings. The summed E-state index contributed by atoms with van der Waals surface area (Å²) in [6.45, 7) is 3.18. The predicted octanol–water partition coefficient (Wildman–Crippen LogP) is 3.93. The molecule has 1 heterocycles. The molecule has 0 amide bonds. The number of rotatable bonds is 3. The van der Waals surface area contributed by atoms with E-state index in [2.05, 4.69) is 35.2 Å². The highest BCUT2D eigenvalue weighted by Crippen LogP contribution is 2.28. The zero-order valence-electron chi connectivity index (χ0n) is 12.1. The van der Waals surface area contributed by atoms with Gasteiger partial charge in [0.1, 0.15) is 0 Å². The molecule has 1 fully saturated rings. The third-order valence-electron chi connectivity index (χ3n) is 4.15. The lowest BCUT2D eigenvalue weighted by molar-refractivity contribution is 0.205. The third kappa shape index (κ3) is 3.65. The van der Waals surface area contributed by atoms with Crippen molar-refractivity contribution >= 4 is 11.6 Å². The maximum Gasteiger partial charge on any atom is 0.0484 e. The number of halogens is 1. The van der Waals surface area contributed by atoms with Crippen molar-refractivity contribution in [2.45, 2.75) is 25.4 Å². The first-order valence-electron chi connectivity index (χ1n) is 7.54. The Labute approximate surface area is 131 Å². The zero-order valence-corrected chi connectivity index (χ0v) is 12.9. The zero-order chi connectivity index (χ0) is 14.7. The maximum absolute atomic E-state index is 6.29. The van der Waals surface area contributed by atoms with Crippen LogP contribution in [0.15, 0.2) is 48.5 Å². The fourth-order valence-corrected chi connectivity index (χ4v) is 3.15. The summed E-state index contributed by atoms with van der Waals surface area (Å²) in [5, 5.41) is 0.804. The van der Waals surface area contributed by atoms with Crippen molar-refractivity contribution in [3.63, 3.8) is 0 Å². The normalized spacial score (nSPS) is 17.0. The van der Waals surface area contributed by atoms with Gasteiger partial charge >= 0.3 is 0 Å². The monoisotopic (exact) mass is 300 g/mol. The molecule has 2 aromatic rings. The van der Waals surface area contributed by atoms with Crippen LogP contribution < -0.4 is 5.73 Å². The molecule has 1 aliphatic heterocycles. The first-order valence-corrected chi connectivity index (χ1v) is 7.92. The Kier molecular flexibility index (Phi) is 4.59. The molecule has 0 aliphatic carbocycles. The van der Waals surface area contributed by atoms with Crippen LogP contribution in [0.1, 0.15) is 18.4 Å². The summed E-state index contributed by atoms with van der Waals surface area (Å²) in [4.78, 5) is 2.48. The molecule has 0 radical (unpaired) electrons. The van der Waals surface area contributed by atoms with Gasteiger partial charge in [-0.25, -0.2) is 0 Å². The quantitative estimate of drug-likeness (QED) is 0.930. The van der Waals surface area contributed by atoms with Crippen LogP contribution in [0.5, 0.6) is 0 Å². The van der Waals surface area contributed by atoms with Crippen LogP contribution in [-0.2, 0) is 6.54 Å². The Morgan fingerprint density at radius 1 is 1.05 bits per heavy atom. The van der Waals surface area contributed by atoms with E-state index in [1.165, 1.54) is 11.1 Å². The molecule has 2 aromatic carbocycles. The molecule has 110 valence electrons. The van der Waals surface area contributed by atoms with Crippen LogP contribution in [0.3, 0.4) is 0 Å². The van der Waals surface area contributed by atoms with Crippen LogP contribution in [0.25, 0.3) is 11.1 Å². The van der Waals surface area contributed by atoms with Gasteiger partial charge in [0.2, 0.25) is 0 Å². The van der Waals surface area contributed by atoms with Crippen molar-refractivity contribution < 1.29 is 0 Å². The number of hydrogen-bond donors (Lipinski definition) is 1. The van der Waals surface area contributed by atoms with E-state index in [4.69, 9.17) is 17.3 Å². The smallest absolute Gasteiger partial charge is 0.0484 e. The van der Waals surface area contributed by atoms with Crippen LogP contribution in [0.2, 0.25) is 5.02 Å². The van der Waals surface area contributed by atoms with Crippen molar-refractivity contribution in [1.29, 1.82) is 0 Å². The van der Waals surface area contributed by atoms with E-state index in [9.17, 15) is 0 Å². The van der Waals surface area contributed by atoms with Gasteiger partial charge in [-0.15, -0.1) is 0 Å². The minimum absolute atomic E-state index is 0.385. The Bertz CT molecular complexity index is 604. The van der Waals surface area contributed by atoms with Gasteiger partial charge in [-0.2, -0.15) is 0 Å². The molecule has 0 spiro atoms. The summed E-state index contributed by atoms with van der Waals surface area (Å²) in [6.07, 6.45) is 2.20. The van der Waals surface area contributed by atoms with Crippen molar-refractivity contribution in [2.24, 2.45) is 5.73 Å². The number of piperidine rings is 1. The Hall–Kier alpha value is -1.35. The van der Waals surface area contributed by atoms with Gasteiger partial charge in [0.25, 0.3) is 0 Å². The Morgan fingerprint density at radius 2 is 1.81 bits per heavy atom. The van der Waals surface area contributed by atoms with Crippen molar-refractivity contribution in [3.05, 3.63) is 59.1 Å². The number of likely N-dealkylation sites (tertiary alicyclic amines) is 1. The van der Waals surface area contributed by atoms with Crippen LogP contribution >= 0.6 is 11.6 Å². The van der Waals surface area contributed by atoms with E-state index in [-0.39, 0.29) is 0 Å². The van der Waals surface area contributed by atoms with Gasteiger partial charge in [0.05, 0.1) is 0 Å². The summed E-state index contributed by atoms with van der Waals surface area (Å²) in [5.74, 6) is 0. The lowest BCUT2D eigenvalue weighted by Gasteiger charge is -2.30. The first kappa shape index (κ1) is 14.6. The highest BCUT2D eigenvalue weighted by molar-refractivity contribution is 6.33. The minimum atomic E-state index is 0.385. The van der Waals surface area contributed by atoms with E-state index in [1.54, 1.807) is 0 Å². The second-order valence-electron chi connectivity index (χ2n) is 5.79. The van der Waals surface area contributed by atoms with E-state index >= 15 is 0 Å². The highest BCUT2D eigenvalue weighted by atomic mass is 35.5. The highest BCUT2D eigenvalue weighted by Gasteiger charge is 2.16. The van der Waals surface area contributed by atoms with Gasteiger partial charge in [0.15, 0.2) is 0 Å². The lowest BCUT2D eigenvalue weighted by Crippen LogP contribution is -2.39. The molecule has 0 saturated carbocycles. The molecule has 2 N–H and O–H groups in total. The molecule has 0 atom stereocenters. The van der Waals surface area contributed by atoms with E-state index in [0.717, 1.165) is 43.1 Å². The van der Waals surface area contributed by atoms with Gasteiger partial charge in [-0.3, -0.25) is 4.90 Å². The van der Waals surface area contributed by atoms with Gasteiger partial charge in [-0.05, 0) is 49.2 Å². The number of nitrogens with two attached hydrogens (primary N) is 1. The molecule has 3 rings (SSSR count). The van der Waals surface area contributed by atoms with Gasteiger partial charge in [-0.1, -0.05) is 48.0 Å².